The van der Waals surface area contributed by atoms with Gasteiger partial charge in [-0.15, -0.1) is 0 Å². The van der Waals surface area contributed by atoms with Gasteiger partial charge in [-0.2, -0.15) is 0 Å². The molecule has 0 heterocycles. The number of hydrogen-bond donors (Lipinski definition) is 3. The first-order chi connectivity index (χ1) is 14.5. The van der Waals surface area contributed by atoms with Gasteiger partial charge in [0.25, 0.3) is 5.91 Å². The van der Waals surface area contributed by atoms with Crippen molar-refractivity contribution in [3.8, 4) is 0 Å². The van der Waals surface area contributed by atoms with Crippen LogP contribution in [0, 0.1) is 6.92 Å². The maximum absolute atomic E-state index is 12.6. The van der Waals surface area contributed by atoms with Gasteiger partial charge in [-0.1, -0.05) is 72.3 Å². The molecular weight excluding hydrogens is 378 g/mol. The van der Waals surface area contributed by atoms with Crippen LogP contribution in [0.2, 0.25) is 0 Å². The van der Waals surface area contributed by atoms with Crippen molar-refractivity contribution in [1.29, 1.82) is 0 Å². The van der Waals surface area contributed by atoms with E-state index in [-0.39, 0.29) is 23.7 Å². The van der Waals surface area contributed by atoms with Crippen LogP contribution in [0.25, 0.3) is 0 Å². The fraction of sp³-hybridized carbons (Fsp3) is 0.125. The molecule has 0 saturated heterocycles. The Bertz CT molecular complexity index is 1030. The third-order valence-electron chi connectivity index (χ3n) is 4.50. The Morgan fingerprint density at radius 2 is 1.27 bits per heavy atom. The molecule has 0 radical (unpaired) electrons. The van der Waals surface area contributed by atoms with Crippen molar-refractivity contribution in [2.24, 2.45) is 0 Å². The maximum atomic E-state index is 12.6. The molecule has 0 atom stereocenters. The van der Waals surface area contributed by atoms with E-state index >= 15 is 0 Å². The summed E-state index contributed by atoms with van der Waals surface area (Å²) in [6, 6.07) is 23.7. The van der Waals surface area contributed by atoms with Crippen LogP contribution in [0.15, 0.2) is 78.9 Å². The molecule has 0 bridgehead atoms. The molecule has 3 aromatic rings. The van der Waals surface area contributed by atoms with E-state index in [1.807, 2.05) is 61.5 Å². The van der Waals surface area contributed by atoms with Crippen molar-refractivity contribution in [2.75, 3.05) is 5.32 Å². The quantitative estimate of drug-likeness (QED) is 0.555. The summed E-state index contributed by atoms with van der Waals surface area (Å²) >= 11 is 0. The van der Waals surface area contributed by atoms with Crippen LogP contribution in [-0.2, 0) is 22.7 Å². The van der Waals surface area contributed by atoms with Gasteiger partial charge in [0, 0.05) is 13.1 Å². The fourth-order valence-corrected chi connectivity index (χ4v) is 2.81. The van der Waals surface area contributed by atoms with E-state index in [0.717, 1.165) is 16.7 Å². The van der Waals surface area contributed by atoms with Crippen LogP contribution in [0.3, 0.4) is 0 Å². The Balaban J connectivity index is 1.59. The Morgan fingerprint density at radius 1 is 0.667 bits per heavy atom. The average Bonchev–Trinajstić information content (AvgIpc) is 2.78. The maximum Gasteiger partial charge on any atom is 0.313 e. The second-order valence-corrected chi connectivity index (χ2v) is 6.84. The van der Waals surface area contributed by atoms with Crippen molar-refractivity contribution in [1.82, 2.24) is 10.6 Å². The van der Waals surface area contributed by atoms with E-state index in [1.165, 1.54) is 0 Å². The minimum absolute atomic E-state index is 0.242. The number of carbonyl (C=O) groups is 3. The molecule has 0 aliphatic rings. The number of carbonyl (C=O) groups excluding carboxylic acids is 3. The van der Waals surface area contributed by atoms with Crippen LogP contribution in [0.4, 0.5) is 5.69 Å². The molecule has 0 fully saturated rings. The van der Waals surface area contributed by atoms with Crippen molar-refractivity contribution in [2.45, 2.75) is 20.0 Å². The van der Waals surface area contributed by atoms with Gasteiger partial charge < -0.3 is 16.0 Å². The van der Waals surface area contributed by atoms with Crippen molar-refractivity contribution >= 4 is 23.4 Å². The first-order valence-corrected chi connectivity index (χ1v) is 9.59. The third kappa shape index (κ3) is 5.78. The fourth-order valence-electron chi connectivity index (χ4n) is 2.81. The molecule has 6 heteroatoms. The minimum Gasteiger partial charge on any atom is -0.348 e. The van der Waals surface area contributed by atoms with E-state index in [9.17, 15) is 14.4 Å². The largest absolute Gasteiger partial charge is 0.348 e. The topological polar surface area (TPSA) is 87.3 Å². The van der Waals surface area contributed by atoms with Crippen LogP contribution < -0.4 is 16.0 Å². The van der Waals surface area contributed by atoms with Crippen molar-refractivity contribution in [3.63, 3.8) is 0 Å². The smallest absolute Gasteiger partial charge is 0.313 e. The van der Waals surface area contributed by atoms with Crippen LogP contribution in [0.5, 0.6) is 0 Å². The molecule has 0 spiro atoms. The zero-order chi connectivity index (χ0) is 21.3. The number of anilines is 1. The molecule has 0 aliphatic heterocycles. The highest BCUT2D eigenvalue weighted by Gasteiger charge is 2.17. The van der Waals surface area contributed by atoms with Gasteiger partial charge >= 0.3 is 11.8 Å². The average molecular weight is 401 g/mol. The summed E-state index contributed by atoms with van der Waals surface area (Å²) in [6.45, 7) is 2.58. The lowest BCUT2D eigenvalue weighted by atomic mass is 10.1. The van der Waals surface area contributed by atoms with E-state index < -0.39 is 11.8 Å². The summed E-state index contributed by atoms with van der Waals surface area (Å²) in [5, 5.41) is 7.92. The molecule has 0 aliphatic carbocycles. The van der Waals surface area contributed by atoms with E-state index in [0.29, 0.717) is 6.54 Å². The highest BCUT2D eigenvalue weighted by atomic mass is 16.2. The number of para-hydroxylation sites is 1. The van der Waals surface area contributed by atoms with Gasteiger partial charge in [-0.25, -0.2) is 0 Å². The predicted molar refractivity (Wildman–Crippen MR) is 116 cm³/mol. The van der Waals surface area contributed by atoms with E-state index in [4.69, 9.17) is 0 Å². The molecule has 6 nitrogen and oxygen atoms in total. The summed E-state index contributed by atoms with van der Waals surface area (Å²) in [5.74, 6) is -1.93. The molecule has 152 valence electrons. The van der Waals surface area contributed by atoms with Crippen LogP contribution in [-0.4, -0.2) is 17.7 Å². The lowest BCUT2D eigenvalue weighted by Crippen LogP contribution is -2.35. The molecule has 3 N–H and O–H groups in total. The Hall–Kier alpha value is -3.93. The molecular formula is C24H23N3O3. The first-order valence-electron chi connectivity index (χ1n) is 9.59. The minimum atomic E-state index is -0.828. The van der Waals surface area contributed by atoms with Crippen molar-refractivity contribution in [3.05, 3.63) is 101 Å². The first kappa shape index (κ1) is 20.8. The van der Waals surface area contributed by atoms with E-state index in [1.54, 1.807) is 24.3 Å². The normalized spacial score (nSPS) is 10.2. The molecule has 3 amide bonds. The van der Waals surface area contributed by atoms with Gasteiger partial charge in [0.1, 0.15) is 0 Å². The van der Waals surface area contributed by atoms with Gasteiger partial charge in [0.15, 0.2) is 0 Å². The Labute approximate surface area is 175 Å². The predicted octanol–water partition coefficient (Wildman–Crippen LogP) is 3.18. The zero-order valence-electron chi connectivity index (χ0n) is 16.6. The monoisotopic (exact) mass is 401 g/mol. The summed E-state index contributed by atoms with van der Waals surface area (Å²) in [6.07, 6.45) is 0. The second-order valence-electron chi connectivity index (χ2n) is 6.84. The Morgan fingerprint density at radius 3 is 2.00 bits per heavy atom. The van der Waals surface area contributed by atoms with E-state index in [2.05, 4.69) is 16.0 Å². The summed E-state index contributed by atoms with van der Waals surface area (Å²) in [7, 11) is 0. The summed E-state index contributed by atoms with van der Waals surface area (Å²) < 4.78 is 0. The van der Waals surface area contributed by atoms with Gasteiger partial charge in [0.05, 0.1) is 11.3 Å². The zero-order valence-corrected chi connectivity index (χ0v) is 16.6. The lowest BCUT2D eigenvalue weighted by molar-refractivity contribution is -0.136. The molecule has 0 aromatic heterocycles. The SMILES string of the molecule is Cc1ccc(CNC(=O)C(=O)Nc2ccccc2C(=O)NCc2ccccc2)cc1. The number of rotatable bonds is 6. The number of nitrogens with one attached hydrogen (secondary N) is 3. The highest BCUT2D eigenvalue weighted by Crippen LogP contribution is 2.15. The third-order valence-corrected chi connectivity index (χ3v) is 4.50. The molecule has 0 saturated carbocycles. The number of benzene rings is 3. The summed E-state index contributed by atoms with van der Waals surface area (Å²) in [5.41, 5.74) is 3.53. The van der Waals surface area contributed by atoms with Crippen molar-refractivity contribution < 1.29 is 14.4 Å². The summed E-state index contributed by atoms with van der Waals surface area (Å²) in [4.78, 5) is 37.0. The second kappa shape index (κ2) is 10.0. The van der Waals surface area contributed by atoms with Crippen LogP contribution in [0.1, 0.15) is 27.0 Å². The van der Waals surface area contributed by atoms with Gasteiger partial charge in [-0.3, -0.25) is 14.4 Å². The molecule has 0 unspecified atom stereocenters. The Kier molecular flexibility index (Phi) is 6.95. The standard InChI is InChI=1S/C24H23N3O3/c1-17-11-13-19(14-12-17)16-26-23(29)24(30)27-21-10-6-5-9-20(21)22(28)25-15-18-7-3-2-4-8-18/h2-14H,15-16H2,1H3,(H,25,28)(H,26,29)(H,27,30). The van der Waals surface area contributed by atoms with Crippen LogP contribution >= 0.6 is 0 Å². The molecule has 30 heavy (non-hydrogen) atoms. The lowest BCUT2D eigenvalue weighted by Gasteiger charge is -2.12. The van der Waals surface area contributed by atoms with Gasteiger partial charge in [0.2, 0.25) is 0 Å². The number of amides is 3. The van der Waals surface area contributed by atoms with Gasteiger partial charge in [-0.05, 0) is 30.2 Å². The number of hydrogen-bond acceptors (Lipinski definition) is 3. The molecule has 3 aromatic carbocycles. The molecule has 3 rings (SSSR count). The number of aryl methyl sites for hydroxylation is 1. The highest BCUT2D eigenvalue weighted by molar-refractivity contribution is 6.40.